The maximum absolute atomic E-state index is 6.07. The van der Waals surface area contributed by atoms with Crippen LogP contribution < -0.4 is 35.7 Å². The number of hydrogen-bond acceptors (Lipinski definition) is 6. The quantitative estimate of drug-likeness (QED) is 0.168. The van der Waals surface area contributed by atoms with Gasteiger partial charge in [0.1, 0.15) is 0 Å². The topological polar surface area (TPSA) is 24.9 Å². The van der Waals surface area contributed by atoms with Crippen molar-refractivity contribution < 1.29 is 9.47 Å². The van der Waals surface area contributed by atoms with Gasteiger partial charge in [0.05, 0.1) is 0 Å². The van der Waals surface area contributed by atoms with E-state index in [9.17, 15) is 0 Å². The second-order valence-corrected chi connectivity index (χ2v) is 16.7. The fourth-order valence-corrected chi connectivity index (χ4v) is 11.0. The second kappa shape index (κ2) is 11.9. The zero-order chi connectivity index (χ0) is 36.2. The molecule has 7 heteroatoms. The molecule has 0 spiro atoms. The highest BCUT2D eigenvalue weighted by molar-refractivity contribution is 7.22. The van der Waals surface area contributed by atoms with Crippen molar-refractivity contribution in [2.45, 2.75) is 6.92 Å². The first-order valence-electron chi connectivity index (χ1n) is 18.6. The zero-order valence-corrected chi connectivity index (χ0v) is 31.5. The summed E-state index contributed by atoms with van der Waals surface area (Å²) in [4.78, 5) is 7.47. The van der Waals surface area contributed by atoms with E-state index in [1.165, 1.54) is 80.1 Å². The van der Waals surface area contributed by atoms with E-state index in [1.54, 1.807) is 0 Å². The van der Waals surface area contributed by atoms with Gasteiger partial charge in [0, 0.05) is 59.3 Å². The first-order valence-corrected chi connectivity index (χ1v) is 20.2. The van der Waals surface area contributed by atoms with Crippen LogP contribution in [-0.2, 0) is 0 Å². The standard InChI is InChI=1S/C48H31BN2O2S2/c1-29-20-40-48-41(21-29)51(35-15-9-12-30(22-35)46-24-31-10-5-7-16-44(31)54-46)38-23-33(47-25-32-11-6-8-17-45(32)55-47)18-19-36(38)49(48)37-26-42-43(53-28-52-42)27-39(37)50(40)34-13-3-2-4-14-34/h2-27H,28H2,1H3. The van der Waals surface area contributed by atoms with Crippen molar-refractivity contribution in [1.82, 2.24) is 0 Å². The maximum Gasteiger partial charge on any atom is 0.252 e. The minimum Gasteiger partial charge on any atom is -0.454 e. The number of para-hydroxylation sites is 1. The molecule has 7 aromatic carbocycles. The van der Waals surface area contributed by atoms with Crippen molar-refractivity contribution in [3.63, 3.8) is 0 Å². The number of fused-ring (bicyclic) bond motifs is 7. The van der Waals surface area contributed by atoms with E-state index in [1.807, 2.05) is 22.7 Å². The Balaban J connectivity index is 1.14. The van der Waals surface area contributed by atoms with Gasteiger partial charge in [-0.1, -0.05) is 78.9 Å². The highest BCUT2D eigenvalue weighted by Gasteiger charge is 2.44. The monoisotopic (exact) mass is 742 g/mol. The van der Waals surface area contributed by atoms with Gasteiger partial charge in [-0.3, -0.25) is 0 Å². The van der Waals surface area contributed by atoms with Crippen LogP contribution in [0, 0.1) is 6.92 Å². The van der Waals surface area contributed by atoms with Crippen molar-refractivity contribution in [1.29, 1.82) is 0 Å². The molecule has 0 fully saturated rings. The molecule has 0 N–H and O–H groups in total. The summed E-state index contributed by atoms with van der Waals surface area (Å²) in [5.41, 5.74) is 14.3. The van der Waals surface area contributed by atoms with Gasteiger partial charge in [0.15, 0.2) is 11.5 Å². The van der Waals surface area contributed by atoms with Crippen molar-refractivity contribution in [2.75, 3.05) is 16.6 Å². The molecule has 55 heavy (non-hydrogen) atoms. The first-order chi connectivity index (χ1) is 27.1. The average Bonchev–Trinajstić information content (AvgIpc) is 3.98. The molecular weight excluding hydrogens is 711 g/mol. The lowest BCUT2D eigenvalue weighted by Gasteiger charge is -2.44. The van der Waals surface area contributed by atoms with Crippen LogP contribution in [0.3, 0.4) is 0 Å². The third kappa shape index (κ3) is 4.76. The molecule has 0 atom stereocenters. The summed E-state index contributed by atoms with van der Waals surface area (Å²) >= 11 is 3.70. The first kappa shape index (κ1) is 31.1. The third-order valence-corrected chi connectivity index (χ3v) is 13.6. The van der Waals surface area contributed by atoms with E-state index >= 15 is 0 Å². The number of hydrogen-bond donors (Lipinski definition) is 0. The summed E-state index contributed by atoms with van der Waals surface area (Å²) in [5, 5.41) is 2.55. The van der Waals surface area contributed by atoms with Crippen molar-refractivity contribution in [2.24, 2.45) is 0 Å². The van der Waals surface area contributed by atoms with Gasteiger partial charge >= 0.3 is 0 Å². The van der Waals surface area contributed by atoms with E-state index in [0.717, 1.165) is 28.6 Å². The Morgan fingerprint density at radius 1 is 0.491 bits per heavy atom. The largest absolute Gasteiger partial charge is 0.454 e. The predicted octanol–water partition coefficient (Wildman–Crippen LogP) is 11.6. The molecule has 0 saturated heterocycles. The number of anilines is 6. The van der Waals surface area contributed by atoms with Crippen LogP contribution in [0.25, 0.3) is 41.1 Å². The number of rotatable bonds is 4. The van der Waals surface area contributed by atoms with Gasteiger partial charge < -0.3 is 19.3 Å². The maximum atomic E-state index is 6.07. The molecule has 3 aliphatic heterocycles. The minimum absolute atomic E-state index is 0.0245. The summed E-state index contributed by atoms with van der Waals surface area (Å²) in [6, 6.07) is 58.1. The van der Waals surface area contributed by atoms with Gasteiger partial charge in [-0.2, -0.15) is 0 Å². The van der Waals surface area contributed by atoms with Gasteiger partial charge in [0.2, 0.25) is 6.79 Å². The summed E-state index contributed by atoms with van der Waals surface area (Å²) < 4.78 is 14.7. The molecule has 0 unspecified atom stereocenters. The van der Waals surface area contributed by atoms with Crippen molar-refractivity contribution >= 4 is 100 Å². The summed E-state index contributed by atoms with van der Waals surface area (Å²) in [6.07, 6.45) is 0. The summed E-state index contributed by atoms with van der Waals surface area (Å²) in [5.74, 6) is 1.58. The molecular formula is C48H31BN2O2S2. The third-order valence-electron chi connectivity index (χ3n) is 11.2. The SMILES string of the molecule is Cc1cc2c3c(c1)N(c1ccccc1)c1cc4c(cc1B3c1ccc(-c3cc5ccccc5s3)cc1N2c1cccc(-c2cc3ccccc3s2)c1)OCO4. The molecule has 260 valence electrons. The van der Waals surface area contributed by atoms with Crippen molar-refractivity contribution in [3.8, 4) is 32.4 Å². The second-order valence-electron chi connectivity index (χ2n) is 14.5. The normalized spacial score (nSPS) is 13.7. The van der Waals surface area contributed by atoms with E-state index in [0.29, 0.717) is 0 Å². The Morgan fingerprint density at radius 3 is 1.80 bits per heavy atom. The van der Waals surface area contributed by atoms with Crippen molar-refractivity contribution in [3.05, 3.63) is 163 Å². The Bertz CT molecular complexity index is 2960. The van der Waals surface area contributed by atoms with E-state index in [4.69, 9.17) is 9.47 Å². The fraction of sp³-hybridized carbons (Fsp3) is 0.0417. The number of thiophene rings is 2. The smallest absolute Gasteiger partial charge is 0.252 e. The fourth-order valence-electron chi connectivity index (χ4n) is 8.85. The van der Waals surface area contributed by atoms with Gasteiger partial charge in [-0.15, -0.1) is 22.7 Å². The summed E-state index contributed by atoms with van der Waals surface area (Å²) in [6.45, 7) is 2.42. The molecule has 0 aliphatic carbocycles. The molecule has 12 rings (SSSR count). The van der Waals surface area contributed by atoms with Crippen LogP contribution in [0.1, 0.15) is 5.56 Å². The Morgan fingerprint density at radius 2 is 1.09 bits per heavy atom. The Kier molecular flexibility index (Phi) is 6.71. The van der Waals surface area contributed by atoms with E-state index < -0.39 is 0 Å². The average molecular weight is 743 g/mol. The lowest BCUT2D eigenvalue weighted by Crippen LogP contribution is -2.61. The number of aryl methyl sites for hydroxylation is 1. The number of nitrogens with zero attached hydrogens (tertiary/aromatic N) is 2. The zero-order valence-electron chi connectivity index (χ0n) is 29.8. The van der Waals surface area contributed by atoms with Gasteiger partial charge in [-0.05, 0) is 124 Å². The number of benzene rings is 7. The lowest BCUT2D eigenvalue weighted by molar-refractivity contribution is 0.174. The molecule has 5 heterocycles. The van der Waals surface area contributed by atoms with Gasteiger partial charge in [-0.25, -0.2) is 0 Å². The lowest BCUT2D eigenvalue weighted by atomic mass is 9.33. The number of ether oxygens (including phenoxy) is 2. The predicted molar refractivity (Wildman–Crippen MR) is 233 cm³/mol. The molecule has 0 radical (unpaired) electrons. The van der Waals surface area contributed by atoms with Crippen LogP contribution >= 0.6 is 22.7 Å². The van der Waals surface area contributed by atoms with Crippen LogP contribution in [0.15, 0.2) is 158 Å². The highest BCUT2D eigenvalue weighted by atomic mass is 32.1. The molecule has 9 aromatic rings. The molecule has 0 amide bonds. The van der Waals surface area contributed by atoms with Gasteiger partial charge in [0.25, 0.3) is 6.71 Å². The Hall–Kier alpha value is -6.28. The highest BCUT2D eigenvalue weighted by Crippen LogP contribution is 2.48. The molecule has 2 aromatic heterocycles. The Labute approximate surface area is 327 Å². The molecule has 4 nitrogen and oxygen atoms in total. The molecule has 0 bridgehead atoms. The van der Waals surface area contributed by atoms with Crippen LogP contribution in [-0.4, -0.2) is 13.5 Å². The minimum atomic E-state index is -0.0245. The van der Waals surface area contributed by atoms with E-state index in [2.05, 4.69) is 174 Å². The molecule has 0 saturated carbocycles. The van der Waals surface area contributed by atoms with Crippen LogP contribution in [0.4, 0.5) is 34.1 Å². The van der Waals surface area contributed by atoms with E-state index in [-0.39, 0.29) is 13.5 Å². The molecule has 3 aliphatic rings. The summed E-state index contributed by atoms with van der Waals surface area (Å²) in [7, 11) is 0. The van der Waals surface area contributed by atoms with Crippen LogP contribution in [0.2, 0.25) is 0 Å². The van der Waals surface area contributed by atoms with Crippen LogP contribution in [0.5, 0.6) is 11.5 Å².